The molecule has 1 aromatic heterocycles. The zero-order chi connectivity index (χ0) is 17.2. The van der Waals surface area contributed by atoms with Crippen LogP contribution in [0.15, 0.2) is 53.4 Å². The van der Waals surface area contributed by atoms with Gasteiger partial charge < -0.3 is 5.73 Å². The molecule has 6 nitrogen and oxygen atoms in total. The lowest BCUT2D eigenvalue weighted by Crippen LogP contribution is -1.98. The van der Waals surface area contributed by atoms with Crippen molar-refractivity contribution < 1.29 is 8.42 Å². The monoisotopic (exact) mass is 342 g/mol. The highest BCUT2D eigenvalue weighted by Gasteiger charge is 2.08. The summed E-state index contributed by atoms with van der Waals surface area (Å²) in [5.74, 6) is 1.45. The van der Waals surface area contributed by atoms with Gasteiger partial charge in [0.05, 0.1) is 4.90 Å². The van der Waals surface area contributed by atoms with Crippen LogP contribution in [-0.4, -0.2) is 29.9 Å². The lowest BCUT2D eigenvalue weighted by Gasteiger charge is -2.00. The van der Waals surface area contributed by atoms with Crippen molar-refractivity contribution in [2.45, 2.75) is 17.7 Å². The second-order valence-corrected chi connectivity index (χ2v) is 7.73. The van der Waals surface area contributed by atoms with Crippen molar-refractivity contribution in [1.82, 2.24) is 15.2 Å². The first-order valence-corrected chi connectivity index (χ1v) is 9.33. The molecule has 0 aliphatic heterocycles. The molecule has 0 saturated heterocycles. The fourth-order valence-electron chi connectivity index (χ4n) is 2.36. The number of rotatable bonds is 5. The Morgan fingerprint density at radius 3 is 2.17 bits per heavy atom. The van der Waals surface area contributed by atoms with Crippen LogP contribution in [-0.2, 0) is 22.7 Å². The summed E-state index contributed by atoms with van der Waals surface area (Å²) in [7, 11) is -3.17. The number of nitrogens with two attached hydrogens (primary N) is 1. The van der Waals surface area contributed by atoms with Crippen LogP contribution in [0.4, 0.5) is 5.69 Å². The van der Waals surface area contributed by atoms with Gasteiger partial charge in [-0.25, -0.2) is 13.4 Å². The lowest BCUT2D eigenvalue weighted by molar-refractivity contribution is 0.602. The number of anilines is 1. The van der Waals surface area contributed by atoms with Gasteiger partial charge in [-0.15, -0.1) is 0 Å². The molecule has 2 aromatic carbocycles. The van der Waals surface area contributed by atoms with Crippen LogP contribution in [0.2, 0.25) is 0 Å². The van der Waals surface area contributed by atoms with Crippen LogP contribution in [0.3, 0.4) is 0 Å². The minimum atomic E-state index is -3.17. The summed E-state index contributed by atoms with van der Waals surface area (Å²) < 4.78 is 22.9. The van der Waals surface area contributed by atoms with Gasteiger partial charge in [0.25, 0.3) is 0 Å². The number of aromatic nitrogens is 3. The summed E-state index contributed by atoms with van der Waals surface area (Å²) >= 11 is 0. The molecule has 7 heteroatoms. The number of hydrogen-bond donors (Lipinski definition) is 2. The molecule has 0 fully saturated rings. The molecule has 0 aliphatic rings. The number of benzene rings is 2. The van der Waals surface area contributed by atoms with Gasteiger partial charge in [-0.1, -0.05) is 24.3 Å². The molecule has 0 saturated carbocycles. The number of hydrogen-bond acceptors (Lipinski definition) is 5. The number of nitrogens with zero attached hydrogens (tertiary/aromatic N) is 2. The number of H-pyrrole nitrogens is 1. The minimum absolute atomic E-state index is 0.310. The van der Waals surface area contributed by atoms with Gasteiger partial charge in [-0.05, 0) is 35.4 Å². The molecular weight excluding hydrogens is 324 g/mol. The van der Waals surface area contributed by atoms with Gasteiger partial charge in [-0.2, -0.15) is 5.10 Å². The summed E-state index contributed by atoms with van der Waals surface area (Å²) in [6.07, 6.45) is 2.39. The molecular formula is C17H18N4O2S. The number of nitrogens with one attached hydrogen (secondary N) is 1. The molecule has 0 unspecified atom stereocenters. The van der Waals surface area contributed by atoms with E-state index in [4.69, 9.17) is 5.73 Å². The molecule has 0 bridgehead atoms. The second kappa shape index (κ2) is 6.45. The molecule has 1 heterocycles. The highest BCUT2D eigenvalue weighted by atomic mass is 32.2. The van der Waals surface area contributed by atoms with Crippen LogP contribution < -0.4 is 5.73 Å². The average Bonchev–Trinajstić information content (AvgIpc) is 2.96. The summed E-state index contributed by atoms with van der Waals surface area (Å²) in [6, 6.07) is 14.4. The maximum Gasteiger partial charge on any atom is 0.175 e. The Bertz CT molecular complexity index is 929. The van der Waals surface area contributed by atoms with E-state index in [0.717, 1.165) is 22.6 Å². The maximum absolute atomic E-state index is 11.5. The fraction of sp³-hybridized carbons (Fsp3) is 0.176. The van der Waals surface area contributed by atoms with E-state index in [-0.39, 0.29) is 0 Å². The van der Waals surface area contributed by atoms with Crippen molar-refractivity contribution in [3.63, 3.8) is 0 Å². The summed E-state index contributed by atoms with van der Waals surface area (Å²) in [5, 5.41) is 7.15. The second-order valence-electron chi connectivity index (χ2n) is 5.71. The zero-order valence-corrected chi connectivity index (χ0v) is 14.0. The first-order valence-electron chi connectivity index (χ1n) is 7.44. The lowest BCUT2D eigenvalue weighted by atomic mass is 10.1. The third kappa shape index (κ3) is 3.99. The normalized spacial score (nSPS) is 11.5. The molecule has 3 aromatic rings. The fourth-order valence-corrected chi connectivity index (χ4v) is 2.99. The molecule has 0 aliphatic carbocycles. The van der Waals surface area contributed by atoms with E-state index in [1.807, 2.05) is 24.3 Å². The first kappa shape index (κ1) is 16.2. The quantitative estimate of drug-likeness (QED) is 0.690. The van der Waals surface area contributed by atoms with Crippen molar-refractivity contribution in [1.29, 1.82) is 0 Å². The van der Waals surface area contributed by atoms with Crippen molar-refractivity contribution in [3.05, 3.63) is 71.3 Å². The first-order chi connectivity index (χ1) is 11.4. The van der Waals surface area contributed by atoms with E-state index in [1.165, 1.54) is 6.26 Å². The average molecular weight is 342 g/mol. The van der Waals surface area contributed by atoms with E-state index < -0.39 is 9.84 Å². The Hall–Kier alpha value is -2.67. The van der Waals surface area contributed by atoms with E-state index in [1.54, 1.807) is 24.3 Å². The molecule has 3 N–H and O–H groups in total. The van der Waals surface area contributed by atoms with Crippen LogP contribution in [0, 0.1) is 0 Å². The highest BCUT2D eigenvalue weighted by molar-refractivity contribution is 7.90. The Kier molecular flexibility index (Phi) is 4.35. The molecule has 24 heavy (non-hydrogen) atoms. The van der Waals surface area contributed by atoms with Gasteiger partial charge in [0.1, 0.15) is 5.82 Å². The highest BCUT2D eigenvalue weighted by Crippen LogP contribution is 2.13. The summed E-state index contributed by atoms with van der Waals surface area (Å²) in [4.78, 5) is 4.79. The molecule has 0 atom stereocenters. The van der Waals surface area contributed by atoms with Crippen LogP contribution in [0.25, 0.3) is 0 Å². The predicted molar refractivity (Wildman–Crippen MR) is 92.4 cm³/mol. The molecule has 3 rings (SSSR count). The molecule has 124 valence electrons. The van der Waals surface area contributed by atoms with Gasteiger partial charge in [-0.3, -0.25) is 5.10 Å². The third-order valence-electron chi connectivity index (χ3n) is 3.64. The Balaban J connectivity index is 1.68. The van der Waals surface area contributed by atoms with Crippen molar-refractivity contribution in [3.8, 4) is 0 Å². The minimum Gasteiger partial charge on any atom is -0.399 e. The van der Waals surface area contributed by atoms with E-state index in [9.17, 15) is 8.42 Å². The van der Waals surface area contributed by atoms with E-state index in [2.05, 4.69) is 15.2 Å². The SMILES string of the molecule is CS(=O)(=O)c1ccc(Cc2n[nH]c(Cc3ccc(N)cc3)n2)cc1. The predicted octanol–water partition coefficient (Wildman–Crippen LogP) is 1.97. The van der Waals surface area contributed by atoms with Crippen LogP contribution >= 0.6 is 0 Å². The zero-order valence-electron chi connectivity index (χ0n) is 13.2. The third-order valence-corrected chi connectivity index (χ3v) is 4.77. The van der Waals surface area contributed by atoms with Crippen molar-refractivity contribution >= 4 is 15.5 Å². The standard InChI is InChI=1S/C17H18N4O2S/c1-24(22,23)15-8-4-13(5-9-15)11-17-19-16(20-21-17)10-12-2-6-14(18)7-3-12/h2-9H,10-11,18H2,1H3,(H,19,20,21). The summed E-state index contributed by atoms with van der Waals surface area (Å²) in [6.45, 7) is 0. The Morgan fingerprint density at radius 1 is 0.958 bits per heavy atom. The number of nitrogen functional groups attached to an aromatic ring is 1. The van der Waals surface area contributed by atoms with Gasteiger partial charge in [0, 0.05) is 24.8 Å². The number of aromatic amines is 1. The smallest absolute Gasteiger partial charge is 0.175 e. The number of sulfone groups is 1. The maximum atomic E-state index is 11.5. The van der Waals surface area contributed by atoms with E-state index in [0.29, 0.717) is 23.6 Å². The van der Waals surface area contributed by atoms with Crippen LogP contribution in [0.1, 0.15) is 22.8 Å². The summed E-state index contributed by atoms with van der Waals surface area (Å²) in [5.41, 5.74) is 8.47. The van der Waals surface area contributed by atoms with Crippen molar-refractivity contribution in [2.24, 2.45) is 0 Å². The van der Waals surface area contributed by atoms with Crippen LogP contribution in [0.5, 0.6) is 0 Å². The Labute approximate surface area is 140 Å². The van der Waals surface area contributed by atoms with Gasteiger partial charge >= 0.3 is 0 Å². The molecule has 0 amide bonds. The molecule has 0 spiro atoms. The van der Waals surface area contributed by atoms with E-state index >= 15 is 0 Å². The Morgan fingerprint density at radius 2 is 1.54 bits per heavy atom. The molecule has 0 radical (unpaired) electrons. The largest absolute Gasteiger partial charge is 0.399 e. The topological polar surface area (TPSA) is 102 Å². The van der Waals surface area contributed by atoms with Crippen molar-refractivity contribution in [2.75, 3.05) is 12.0 Å². The van der Waals surface area contributed by atoms with Gasteiger partial charge in [0.15, 0.2) is 15.7 Å². The van der Waals surface area contributed by atoms with Gasteiger partial charge in [0.2, 0.25) is 0 Å².